The molecule has 0 aliphatic rings. The Balaban J connectivity index is 2.80. The van der Waals surface area contributed by atoms with E-state index >= 15 is 0 Å². The molecule has 0 amide bonds. The minimum atomic E-state index is 0.836. The number of hydrogen-bond acceptors (Lipinski definition) is 1. The van der Waals surface area contributed by atoms with Gasteiger partial charge in [-0.2, -0.15) is 0 Å². The number of furan rings is 1. The summed E-state index contributed by atoms with van der Waals surface area (Å²) in [4.78, 5) is 0. The quantitative estimate of drug-likeness (QED) is 0.536. The summed E-state index contributed by atoms with van der Waals surface area (Å²) in [6.45, 7) is 0. The Morgan fingerprint density at radius 1 is 1.67 bits per heavy atom. The Labute approximate surface area is 67.2 Å². The van der Waals surface area contributed by atoms with E-state index in [1.165, 1.54) is 0 Å². The Morgan fingerprint density at radius 2 is 2.56 bits per heavy atom. The van der Waals surface area contributed by atoms with Crippen LogP contribution in [0.1, 0.15) is 5.76 Å². The van der Waals surface area contributed by atoms with Crippen molar-refractivity contribution in [1.82, 2.24) is 0 Å². The van der Waals surface area contributed by atoms with E-state index in [-0.39, 0.29) is 0 Å². The van der Waals surface area contributed by atoms with E-state index in [1.54, 1.807) is 16.4 Å². The van der Waals surface area contributed by atoms with Crippen LogP contribution >= 0.6 is 22.6 Å². The maximum atomic E-state index is 4.99. The van der Waals surface area contributed by atoms with E-state index in [4.69, 9.17) is 4.42 Å². The van der Waals surface area contributed by atoms with Crippen molar-refractivity contribution in [3.8, 4) is 0 Å². The van der Waals surface area contributed by atoms with Crippen LogP contribution in [0.2, 0.25) is 0 Å². The Kier molecular flexibility index (Phi) is 2.61. The van der Waals surface area contributed by atoms with Crippen molar-refractivity contribution in [2.75, 3.05) is 0 Å². The minimum absolute atomic E-state index is 0.836. The molecule has 1 aromatic rings. The van der Waals surface area contributed by atoms with Crippen LogP contribution in [0.15, 0.2) is 32.6 Å². The van der Waals surface area contributed by atoms with Crippen molar-refractivity contribution >= 4 is 28.7 Å². The summed E-state index contributed by atoms with van der Waals surface area (Å²) < 4.78 is 6.80. The van der Waals surface area contributed by atoms with Crippen molar-refractivity contribution in [1.29, 1.82) is 0 Å². The third-order valence-electron chi connectivity index (χ3n) is 0.832. The van der Waals surface area contributed by atoms with Crippen molar-refractivity contribution in [2.45, 2.75) is 0 Å². The Hall–Kier alpha value is -0.470. The molecular weight excluding hydrogens is 227 g/mol. The molecule has 0 N–H and O–H groups in total. The standard InChI is InChI=1S/C7H5IO/c8-5-1-3-7-4-2-6-9-7/h2-6H. The smallest absolute Gasteiger partial charge is 0.134 e. The average Bonchev–Trinajstić information content (AvgIpc) is 2.34. The van der Waals surface area contributed by atoms with Crippen molar-refractivity contribution in [2.24, 2.45) is 0 Å². The summed E-state index contributed by atoms with van der Waals surface area (Å²) >= 11 is 2.10. The molecule has 9 heavy (non-hydrogen) atoms. The highest BCUT2D eigenvalue weighted by Gasteiger charge is 1.82. The second-order valence-electron chi connectivity index (χ2n) is 1.44. The molecule has 1 aromatic heterocycles. The maximum absolute atomic E-state index is 4.99. The van der Waals surface area contributed by atoms with Crippen LogP contribution in [0.3, 0.4) is 0 Å². The lowest BCUT2D eigenvalue weighted by Crippen LogP contribution is -1.52. The van der Waals surface area contributed by atoms with Crippen LogP contribution < -0.4 is 0 Å². The second-order valence-corrected chi connectivity index (χ2v) is 2.06. The number of halogens is 1. The molecule has 0 spiro atoms. The van der Waals surface area contributed by atoms with Crippen LogP contribution in [-0.4, -0.2) is 0 Å². The highest BCUT2D eigenvalue weighted by atomic mass is 127. The molecule has 1 heterocycles. The molecule has 1 rings (SSSR count). The summed E-state index contributed by atoms with van der Waals surface area (Å²) in [6, 6.07) is 3.73. The lowest BCUT2D eigenvalue weighted by Gasteiger charge is -1.74. The summed E-state index contributed by atoms with van der Waals surface area (Å²) in [5.74, 6) is 0.836. The largest absolute Gasteiger partial charge is 0.464 e. The normalized spacial score (nSPS) is 8.11. The van der Waals surface area contributed by atoms with Crippen molar-refractivity contribution in [3.63, 3.8) is 0 Å². The monoisotopic (exact) mass is 232 g/mol. The van der Waals surface area contributed by atoms with Crippen LogP contribution in [0, 0.1) is 0 Å². The van der Waals surface area contributed by atoms with Gasteiger partial charge in [-0.05, 0) is 34.7 Å². The van der Waals surface area contributed by atoms with Gasteiger partial charge in [0.05, 0.1) is 6.26 Å². The fourth-order valence-corrected chi connectivity index (χ4v) is 0.667. The molecule has 0 atom stereocenters. The molecule has 0 saturated carbocycles. The summed E-state index contributed by atoms with van der Waals surface area (Å²) in [7, 11) is 0. The zero-order chi connectivity index (χ0) is 6.53. The predicted molar refractivity (Wildman–Crippen MR) is 45.3 cm³/mol. The molecular formula is C7H5IO. The first kappa shape index (κ1) is 6.65. The van der Waals surface area contributed by atoms with Gasteiger partial charge in [0, 0.05) is 10.2 Å². The second kappa shape index (κ2) is 3.54. The van der Waals surface area contributed by atoms with E-state index < -0.39 is 0 Å². The fraction of sp³-hybridized carbons (Fsp3) is 0. The molecule has 0 unspecified atom stereocenters. The van der Waals surface area contributed by atoms with Gasteiger partial charge >= 0.3 is 0 Å². The molecule has 1 nitrogen and oxygen atoms in total. The van der Waals surface area contributed by atoms with Crippen LogP contribution in [0.5, 0.6) is 0 Å². The molecule has 0 aliphatic heterocycles. The first-order valence-corrected chi connectivity index (χ1v) is 3.73. The molecule has 0 saturated heterocycles. The van der Waals surface area contributed by atoms with E-state index in [1.807, 2.05) is 12.1 Å². The van der Waals surface area contributed by atoms with Gasteiger partial charge in [-0.1, -0.05) is 0 Å². The molecule has 0 aliphatic carbocycles. The molecule has 0 radical (unpaired) electrons. The number of rotatable bonds is 1. The molecule has 0 fully saturated rings. The summed E-state index contributed by atoms with van der Waals surface area (Å²) in [6.07, 6.45) is 3.42. The zero-order valence-corrected chi connectivity index (χ0v) is 6.83. The highest BCUT2D eigenvalue weighted by Crippen LogP contribution is 2.00. The molecule has 2 heteroatoms. The van der Waals surface area contributed by atoms with Crippen LogP contribution in [-0.2, 0) is 0 Å². The lowest BCUT2D eigenvalue weighted by molar-refractivity contribution is 0.557. The average molecular weight is 232 g/mol. The van der Waals surface area contributed by atoms with Crippen LogP contribution in [0.4, 0.5) is 0 Å². The van der Waals surface area contributed by atoms with Gasteiger partial charge in [0.15, 0.2) is 0 Å². The van der Waals surface area contributed by atoms with Gasteiger partial charge in [0.2, 0.25) is 0 Å². The molecule has 0 bridgehead atoms. The first-order valence-electron chi connectivity index (χ1n) is 2.48. The van der Waals surface area contributed by atoms with Gasteiger partial charge in [0.25, 0.3) is 0 Å². The van der Waals surface area contributed by atoms with E-state index in [0.717, 1.165) is 5.76 Å². The molecule has 0 aromatic carbocycles. The van der Waals surface area contributed by atoms with Gasteiger partial charge in [0.1, 0.15) is 5.76 Å². The summed E-state index contributed by atoms with van der Waals surface area (Å²) in [5, 5.41) is 0. The van der Waals surface area contributed by atoms with E-state index in [2.05, 4.69) is 28.3 Å². The topological polar surface area (TPSA) is 13.1 Å². The number of hydrogen-bond donors (Lipinski definition) is 0. The van der Waals surface area contributed by atoms with Crippen LogP contribution in [0.25, 0.3) is 6.08 Å². The Bertz CT molecular complexity index is 217. The third-order valence-corrected chi connectivity index (χ3v) is 1.19. The predicted octanol–water partition coefficient (Wildman–Crippen LogP) is 2.84. The minimum Gasteiger partial charge on any atom is -0.464 e. The van der Waals surface area contributed by atoms with Crippen molar-refractivity contribution in [3.05, 3.63) is 34.0 Å². The molecule has 46 valence electrons. The van der Waals surface area contributed by atoms with E-state index in [9.17, 15) is 0 Å². The van der Waals surface area contributed by atoms with E-state index in [0.29, 0.717) is 0 Å². The van der Waals surface area contributed by atoms with Crippen molar-refractivity contribution < 1.29 is 4.42 Å². The van der Waals surface area contributed by atoms with Gasteiger partial charge in [-0.3, -0.25) is 0 Å². The summed E-state index contributed by atoms with van der Waals surface area (Å²) in [5.41, 5.74) is 2.89. The third kappa shape index (κ3) is 2.08. The maximum Gasteiger partial charge on any atom is 0.134 e. The zero-order valence-electron chi connectivity index (χ0n) is 4.67. The highest BCUT2D eigenvalue weighted by molar-refractivity contribution is 14.1. The fourth-order valence-electron chi connectivity index (χ4n) is 0.487. The lowest BCUT2D eigenvalue weighted by atomic mass is 10.4. The van der Waals surface area contributed by atoms with Gasteiger partial charge in [-0.25, -0.2) is 0 Å². The van der Waals surface area contributed by atoms with Gasteiger partial charge < -0.3 is 4.42 Å². The SMILES string of the molecule is IC=C=Cc1ccco1. The first-order chi connectivity index (χ1) is 4.43. The Morgan fingerprint density at radius 3 is 3.11 bits per heavy atom. The van der Waals surface area contributed by atoms with Gasteiger partial charge in [-0.15, -0.1) is 5.73 Å².